The zero-order chi connectivity index (χ0) is 13.1. The first-order valence-corrected chi connectivity index (χ1v) is 5.22. The standard InChI is InChI=1S/C11H18N4O2/c1-11(2,16)7-15(3)9-6-4-5-8(13-9)10(12)14-17/h4-6,16-17H,7H2,1-3H3,(H2,12,14). The van der Waals surface area contributed by atoms with Crippen LogP contribution in [0.25, 0.3) is 0 Å². The van der Waals surface area contributed by atoms with Crippen LogP contribution in [0, 0.1) is 0 Å². The monoisotopic (exact) mass is 238 g/mol. The number of nitrogens with zero attached hydrogens (tertiary/aromatic N) is 3. The lowest BCUT2D eigenvalue weighted by molar-refractivity contribution is 0.0884. The summed E-state index contributed by atoms with van der Waals surface area (Å²) in [5, 5.41) is 21.2. The van der Waals surface area contributed by atoms with Crippen LogP contribution in [0.4, 0.5) is 5.82 Å². The molecule has 1 heterocycles. The van der Waals surface area contributed by atoms with E-state index in [1.165, 1.54) is 0 Å². The highest BCUT2D eigenvalue weighted by molar-refractivity contribution is 5.95. The normalized spacial score (nSPS) is 12.6. The number of nitrogens with two attached hydrogens (primary N) is 1. The van der Waals surface area contributed by atoms with Crippen molar-refractivity contribution in [2.75, 3.05) is 18.5 Å². The Labute approximate surface area is 100 Å². The van der Waals surface area contributed by atoms with Gasteiger partial charge in [-0.15, -0.1) is 0 Å². The van der Waals surface area contributed by atoms with Gasteiger partial charge in [-0.3, -0.25) is 0 Å². The lowest BCUT2D eigenvalue weighted by Gasteiger charge is -2.26. The molecule has 0 aromatic carbocycles. The molecule has 1 aromatic heterocycles. The van der Waals surface area contributed by atoms with E-state index >= 15 is 0 Å². The van der Waals surface area contributed by atoms with Crippen LogP contribution in [-0.2, 0) is 0 Å². The van der Waals surface area contributed by atoms with Gasteiger partial charge in [-0.1, -0.05) is 11.2 Å². The third kappa shape index (κ3) is 3.92. The van der Waals surface area contributed by atoms with Gasteiger partial charge in [0.15, 0.2) is 5.84 Å². The van der Waals surface area contributed by atoms with Crippen molar-refractivity contribution in [1.29, 1.82) is 0 Å². The second-order valence-corrected chi connectivity index (χ2v) is 4.53. The number of aliphatic hydroxyl groups is 1. The molecule has 0 aliphatic carbocycles. The Hall–Kier alpha value is -1.82. The van der Waals surface area contributed by atoms with E-state index in [1.807, 2.05) is 7.05 Å². The molecule has 0 saturated heterocycles. The molecule has 94 valence electrons. The van der Waals surface area contributed by atoms with Gasteiger partial charge in [-0.2, -0.15) is 0 Å². The van der Waals surface area contributed by atoms with Crippen molar-refractivity contribution in [2.45, 2.75) is 19.4 Å². The van der Waals surface area contributed by atoms with Crippen LogP contribution in [0.1, 0.15) is 19.5 Å². The molecule has 0 spiro atoms. The molecule has 0 unspecified atom stereocenters. The summed E-state index contributed by atoms with van der Waals surface area (Å²) < 4.78 is 0. The van der Waals surface area contributed by atoms with Crippen LogP contribution in [0.3, 0.4) is 0 Å². The quantitative estimate of drug-likeness (QED) is 0.305. The number of aromatic nitrogens is 1. The molecule has 1 aromatic rings. The summed E-state index contributed by atoms with van der Waals surface area (Å²) in [5.74, 6) is 0.611. The molecule has 0 amide bonds. The van der Waals surface area contributed by atoms with Crippen LogP contribution >= 0.6 is 0 Å². The number of hydrogen-bond donors (Lipinski definition) is 3. The third-order valence-electron chi connectivity index (χ3n) is 2.12. The Morgan fingerprint density at radius 2 is 2.18 bits per heavy atom. The minimum absolute atomic E-state index is 0.0384. The summed E-state index contributed by atoms with van der Waals surface area (Å²) in [6, 6.07) is 5.20. The average Bonchev–Trinajstić information content (AvgIpc) is 2.26. The molecule has 6 heteroatoms. The number of likely N-dealkylation sites (N-methyl/N-ethyl adjacent to an activating group) is 1. The molecular formula is C11H18N4O2. The molecule has 0 fully saturated rings. The van der Waals surface area contributed by atoms with Gasteiger partial charge in [0.25, 0.3) is 0 Å². The third-order valence-corrected chi connectivity index (χ3v) is 2.12. The molecule has 0 aliphatic heterocycles. The highest BCUT2D eigenvalue weighted by atomic mass is 16.4. The number of amidine groups is 1. The average molecular weight is 238 g/mol. The number of anilines is 1. The molecule has 6 nitrogen and oxygen atoms in total. The van der Waals surface area contributed by atoms with Crippen molar-refractivity contribution in [3.05, 3.63) is 23.9 Å². The van der Waals surface area contributed by atoms with Crippen molar-refractivity contribution in [3.8, 4) is 0 Å². The molecule has 0 atom stereocenters. The van der Waals surface area contributed by atoms with Crippen molar-refractivity contribution in [3.63, 3.8) is 0 Å². The molecule has 0 bridgehead atoms. The van der Waals surface area contributed by atoms with Crippen molar-refractivity contribution in [1.82, 2.24) is 4.98 Å². The fourth-order valence-electron chi connectivity index (χ4n) is 1.49. The Morgan fingerprint density at radius 1 is 1.53 bits per heavy atom. The molecule has 1 rings (SSSR count). The van der Waals surface area contributed by atoms with Gasteiger partial charge in [-0.25, -0.2) is 4.98 Å². The van der Waals surface area contributed by atoms with Crippen LogP contribution in [0.15, 0.2) is 23.4 Å². The van der Waals surface area contributed by atoms with E-state index in [1.54, 1.807) is 36.9 Å². The maximum atomic E-state index is 9.72. The molecule has 0 radical (unpaired) electrons. The zero-order valence-corrected chi connectivity index (χ0v) is 10.3. The van der Waals surface area contributed by atoms with E-state index in [0.29, 0.717) is 18.1 Å². The van der Waals surface area contributed by atoms with Crippen LogP contribution < -0.4 is 10.6 Å². The smallest absolute Gasteiger partial charge is 0.188 e. The first kappa shape index (κ1) is 13.2. The summed E-state index contributed by atoms with van der Waals surface area (Å²) in [6.07, 6.45) is 0. The van der Waals surface area contributed by atoms with Crippen LogP contribution in [-0.4, -0.2) is 40.3 Å². The Kier molecular flexibility index (Phi) is 3.90. The Bertz CT molecular complexity index is 412. The maximum Gasteiger partial charge on any atom is 0.188 e. The van der Waals surface area contributed by atoms with Gasteiger partial charge in [-0.05, 0) is 26.0 Å². The number of hydrogen-bond acceptors (Lipinski definition) is 5. The van der Waals surface area contributed by atoms with Gasteiger partial charge in [0, 0.05) is 13.6 Å². The van der Waals surface area contributed by atoms with Gasteiger partial charge in [0.1, 0.15) is 11.5 Å². The van der Waals surface area contributed by atoms with Crippen LogP contribution in [0.2, 0.25) is 0 Å². The van der Waals surface area contributed by atoms with Crippen LogP contribution in [0.5, 0.6) is 0 Å². The summed E-state index contributed by atoms with van der Waals surface area (Å²) in [7, 11) is 1.82. The topological polar surface area (TPSA) is 95.0 Å². The summed E-state index contributed by atoms with van der Waals surface area (Å²) in [6.45, 7) is 3.87. The van der Waals surface area contributed by atoms with E-state index in [2.05, 4.69) is 10.1 Å². The molecular weight excluding hydrogens is 220 g/mol. The SMILES string of the molecule is CN(CC(C)(C)O)c1cccc(C(N)=NO)n1. The second kappa shape index (κ2) is 5.01. The minimum atomic E-state index is -0.816. The number of oxime groups is 1. The van der Waals surface area contributed by atoms with Crippen molar-refractivity contribution >= 4 is 11.7 Å². The van der Waals surface area contributed by atoms with Gasteiger partial charge in [0.05, 0.1) is 5.60 Å². The highest BCUT2D eigenvalue weighted by Crippen LogP contribution is 2.13. The predicted molar refractivity (Wildman–Crippen MR) is 66.3 cm³/mol. The fraction of sp³-hybridized carbons (Fsp3) is 0.455. The largest absolute Gasteiger partial charge is 0.409 e. The van der Waals surface area contributed by atoms with Gasteiger partial charge >= 0.3 is 0 Å². The minimum Gasteiger partial charge on any atom is -0.409 e. The summed E-state index contributed by atoms with van der Waals surface area (Å²) in [4.78, 5) is 6.03. The van der Waals surface area contributed by atoms with Crippen molar-refractivity contribution < 1.29 is 10.3 Å². The fourth-order valence-corrected chi connectivity index (χ4v) is 1.49. The van der Waals surface area contributed by atoms with E-state index in [9.17, 15) is 5.11 Å². The first-order chi connectivity index (χ1) is 7.83. The van der Waals surface area contributed by atoms with Gasteiger partial charge < -0.3 is 20.9 Å². The zero-order valence-electron chi connectivity index (χ0n) is 10.3. The number of rotatable bonds is 4. The molecule has 17 heavy (non-hydrogen) atoms. The summed E-state index contributed by atoms with van der Waals surface area (Å²) in [5.41, 5.74) is 5.04. The second-order valence-electron chi connectivity index (χ2n) is 4.53. The summed E-state index contributed by atoms with van der Waals surface area (Å²) >= 11 is 0. The maximum absolute atomic E-state index is 9.72. The Morgan fingerprint density at radius 3 is 2.71 bits per heavy atom. The van der Waals surface area contributed by atoms with E-state index in [0.717, 1.165) is 0 Å². The molecule has 4 N–H and O–H groups in total. The molecule has 0 aliphatic rings. The Balaban J connectivity index is 2.92. The number of pyridine rings is 1. The molecule has 0 saturated carbocycles. The highest BCUT2D eigenvalue weighted by Gasteiger charge is 2.17. The predicted octanol–water partition coefficient (Wildman–Crippen LogP) is 0.383. The first-order valence-electron chi connectivity index (χ1n) is 5.22. The van der Waals surface area contributed by atoms with E-state index < -0.39 is 5.60 Å². The van der Waals surface area contributed by atoms with Crippen molar-refractivity contribution in [2.24, 2.45) is 10.9 Å². The lowest BCUT2D eigenvalue weighted by Crippen LogP contribution is -2.36. The van der Waals surface area contributed by atoms with E-state index in [4.69, 9.17) is 10.9 Å². The van der Waals surface area contributed by atoms with Gasteiger partial charge in [0.2, 0.25) is 0 Å². The lowest BCUT2D eigenvalue weighted by atomic mass is 10.1. The van der Waals surface area contributed by atoms with E-state index in [-0.39, 0.29) is 5.84 Å².